The van der Waals surface area contributed by atoms with Gasteiger partial charge >= 0.3 is 18.0 Å². The molecule has 1 amide bonds. The van der Waals surface area contributed by atoms with Crippen molar-refractivity contribution in [3.05, 3.63) is 35.9 Å². The number of amides is 1. The Bertz CT molecular complexity index is 820. The molecule has 8 heteroatoms. The van der Waals surface area contributed by atoms with E-state index in [0.717, 1.165) is 5.56 Å². The largest absolute Gasteiger partial charge is 0.469 e. The van der Waals surface area contributed by atoms with Gasteiger partial charge in [-0.15, -0.1) is 0 Å². The fourth-order valence-electron chi connectivity index (χ4n) is 4.18. The van der Waals surface area contributed by atoms with E-state index in [1.165, 1.54) is 7.11 Å². The van der Waals surface area contributed by atoms with Crippen LogP contribution in [0.25, 0.3) is 0 Å². The lowest BCUT2D eigenvalue weighted by Crippen LogP contribution is -2.53. The summed E-state index contributed by atoms with van der Waals surface area (Å²) in [6.45, 7) is 10.7. The summed E-state index contributed by atoms with van der Waals surface area (Å²) in [4.78, 5) is 39.8. The second-order valence-corrected chi connectivity index (χ2v) is 10.3. The molecule has 8 nitrogen and oxygen atoms in total. The van der Waals surface area contributed by atoms with Gasteiger partial charge in [0.15, 0.2) is 0 Å². The van der Waals surface area contributed by atoms with Gasteiger partial charge in [-0.05, 0) is 58.1 Å². The molecular weight excluding hydrogens is 436 g/mol. The van der Waals surface area contributed by atoms with E-state index in [0.29, 0.717) is 32.4 Å². The molecule has 1 aliphatic heterocycles. The average Bonchev–Trinajstić information content (AvgIpc) is 2.79. The lowest BCUT2D eigenvalue weighted by atomic mass is 9.77. The van der Waals surface area contributed by atoms with Crippen LogP contribution in [-0.2, 0) is 30.4 Å². The van der Waals surface area contributed by atoms with Crippen molar-refractivity contribution in [1.82, 2.24) is 10.2 Å². The molecule has 1 aromatic carbocycles. The Hall–Kier alpha value is -2.61. The van der Waals surface area contributed by atoms with Gasteiger partial charge in [-0.3, -0.25) is 9.59 Å². The molecule has 1 aromatic rings. The Morgan fingerprint density at radius 1 is 1.15 bits per heavy atom. The Morgan fingerprint density at radius 2 is 1.82 bits per heavy atom. The smallest absolute Gasteiger partial charge is 0.410 e. The molecule has 190 valence electrons. The quantitative estimate of drug-likeness (QED) is 0.426. The van der Waals surface area contributed by atoms with Crippen LogP contribution in [-0.4, -0.2) is 61.3 Å². The Morgan fingerprint density at radius 3 is 2.41 bits per heavy atom. The van der Waals surface area contributed by atoms with Gasteiger partial charge in [0.1, 0.15) is 18.2 Å². The molecule has 1 fully saturated rings. The van der Waals surface area contributed by atoms with Crippen LogP contribution in [0.5, 0.6) is 0 Å². The van der Waals surface area contributed by atoms with Crippen molar-refractivity contribution < 1.29 is 28.6 Å². The second-order valence-electron chi connectivity index (χ2n) is 10.3. The minimum absolute atomic E-state index is 0.00182. The second kappa shape index (κ2) is 12.2. The highest BCUT2D eigenvalue weighted by molar-refractivity contribution is 5.79. The molecule has 2 unspecified atom stereocenters. The first-order chi connectivity index (χ1) is 16.0. The minimum atomic E-state index is -0.855. The molecule has 0 saturated carbocycles. The minimum Gasteiger partial charge on any atom is -0.469 e. The van der Waals surface area contributed by atoms with E-state index in [-0.39, 0.29) is 31.0 Å². The van der Waals surface area contributed by atoms with Crippen LogP contribution in [0.1, 0.15) is 59.4 Å². The first-order valence-electron chi connectivity index (χ1n) is 12.0. The summed E-state index contributed by atoms with van der Waals surface area (Å²) in [7, 11) is 1.36. The number of methoxy groups -OCH3 is 1. The van der Waals surface area contributed by atoms with Crippen LogP contribution in [0, 0.1) is 11.3 Å². The molecule has 2 atom stereocenters. The molecule has 0 bridgehead atoms. The number of hydrogen-bond donors (Lipinski definition) is 1. The molecule has 34 heavy (non-hydrogen) atoms. The topological polar surface area (TPSA) is 94.2 Å². The molecule has 0 aromatic heterocycles. The number of piperidine rings is 1. The van der Waals surface area contributed by atoms with Crippen LogP contribution >= 0.6 is 0 Å². The van der Waals surface area contributed by atoms with Gasteiger partial charge in [0, 0.05) is 13.1 Å². The highest BCUT2D eigenvalue weighted by Gasteiger charge is 2.45. The van der Waals surface area contributed by atoms with Gasteiger partial charge in [-0.25, -0.2) is 4.79 Å². The van der Waals surface area contributed by atoms with Crippen molar-refractivity contribution >= 4 is 18.0 Å². The Balaban J connectivity index is 2.01. The number of likely N-dealkylation sites (tertiary alicyclic amines) is 1. The Kier molecular flexibility index (Phi) is 9.91. The lowest BCUT2D eigenvalue weighted by Gasteiger charge is -2.41. The average molecular weight is 477 g/mol. The van der Waals surface area contributed by atoms with Crippen LogP contribution in [0.15, 0.2) is 30.3 Å². The molecule has 1 N–H and O–H groups in total. The number of esters is 2. The van der Waals surface area contributed by atoms with Crippen molar-refractivity contribution in [1.29, 1.82) is 0 Å². The Labute approximate surface area is 203 Å². The third-order valence-corrected chi connectivity index (χ3v) is 5.96. The van der Waals surface area contributed by atoms with E-state index in [9.17, 15) is 14.4 Å². The highest BCUT2D eigenvalue weighted by atomic mass is 16.6. The number of hydrogen-bond acceptors (Lipinski definition) is 7. The molecule has 1 saturated heterocycles. The summed E-state index contributed by atoms with van der Waals surface area (Å²) in [6.07, 6.45) is 1.26. The number of nitrogens with zero attached hydrogens (tertiary/aromatic N) is 1. The number of carbonyl (C=O) groups is 3. The highest BCUT2D eigenvalue weighted by Crippen LogP contribution is 2.35. The van der Waals surface area contributed by atoms with Crippen molar-refractivity contribution in [2.75, 3.05) is 26.7 Å². The molecule has 1 heterocycles. The summed E-state index contributed by atoms with van der Waals surface area (Å²) in [5.41, 5.74) is -0.548. The summed E-state index contributed by atoms with van der Waals surface area (Å²) in [5, 5.41) is 3.27. The predicted molar refractivity (Wildman–Crippen MR) is 129 cm³/mol. The van der Waals surface area contributed by atoms with Crippen molar-refractivity contribution in [2.24, 2.45) is 11.3 Å². The van der Waals surface area contributed by atoms with E-state index in [4.69, 9.17) is 14.2 Å². The van der Waals surface area contributed by atoms with E-state index < -0.39 is 23.2 Å². The normalized spacial score (nSPS) is 19.4. The number of rotatable bonds is 9. The van der Waals surface area contributed by atoms with E-state index in [1.54, 1.807) is 4.90 Å². The maximum atomic E-state index is 12.8. The molecule has 0 spiro atoms. The van der Waals surface area contributed by atoms with Gasteiger partial charge < -0.3 is 24.4 Å². The number of benzene rings is 1. The van der Waals surface area contributed by atoms with E-state index >= 15 is 0 Å². The van der Waals surface area contributed by atoms with Gasteiger partial charge in [0.25, 0.3) is 0 Å². The zero-order valence-corrected chi connectivity index (χ0v) is 21.4. The number of nitrogens with one attached hydrogen (secondary N) is 1. The molecule has 1 aliphatic rings. The molecule has 0 radical (unpaired) electrons. The van der Waals surface area contributed by atoms with Gasteiger partial charge in [-0.1, -0.05) is 44.2 Å². The molecule has 0 aliphatic carbocycles. The van der Waals surface area contributed by atoms with Crippen molar-refractivity contribution in [3.8, 4) is 0 Å². The first kappa shape index (κ1) is 27.6. The summed E-state index contributed by atoms with van der Waals surface area (Å²) in [5.74, 6) is -0.678. The van der Waals surface area contributed by atoms with Gasteiger partial charge in [0.05, 0.1) is 12.5 Å². The standard InChI is InChI=1S/C26H40N2O6/c1-19(2)21(22(29)33-17-20-11-8-7-9-12-20)27-15-14-26(23(30)32-6)13-10-16-28(18-26)24(31)34-25(3,4)5/h7-9,11-12,19,21,27H,10,13-18H2,1-6H3. The predicted octanol–water partition coefficient (Wildman–Crippen LogP) is 3.92. The maximum Gasteiger partial charge on any atom is 0.410 e. The van der Waals surface area contributed by atoms with Gasteiger partial charge in [0.2, 0.25) is 0 Å². The van der Waals surface area contributed by atoms with Crippen LogP contribution in [0.2, 0.25) is 0 Å². The van der Waals surface area contributed by atoms with Crippen molar-refractivity contribution in [2.45, 2.75) is 72.1 Å². The third-order valence-electron chi connectivity index (χ3n) is 5.96. The summed E-state index contributed by atoms with van der Waals surface area (Å²) < 4.78 is 16.2. The van der Waals surface area contributed by atoms with E-state index in [1.807, 2.05) is 65.0 Å². The summed E-state index contributed by atoms with van der Waals surface area (Å²) >= 11 is 0. The van der Waals surface area contributed by atoms with Gasteiger partial charge in [-0.2, -0.15) is 0 Å². The molecular formula is C26H40N2O6. The monoisotopic (exact) mass is 476 g/mol. The zero-order valence-electron chi connectivity index (χ0n) is 21.4. The summed E-state index contributed by atoms with van der Waals surface area (Å²) in [6, 6.07) is 9.02. The van der Waals surface area contributed by atoms with Crippen LogP contribution in [0.4, 0.5) is 4.79 Å². The van der Waals surface area contributed by atoms with Crippen LogP contribution < -0.4 is 5.32 Å². The fraction of sp³-hybridized carbons (Fsp3) is 0.654. The number of carbonyl (C=O) groups excluding carboxylic acids is 3. The SMILES string of the molecule is COC(=O)C1(CCNC(C(=O)OCc2ccccc2)C(C)C)CCCN(C(=O)OC(C)(C)C)C1. The lowest BCUT2D eigenvalue weighted by molar-refractivity contribution is -0.156. The van der Waals surface area contributed by atoms with Crippen LogP contribution in [0.3, 0.4) is 0 Å². The third kappa shape index (κ3) is 8.01. The number of ether oxygens (including phenoxy) is 3. The fourth-order valence-corrected chi connectivity index (χ4v) is 4.18. The maximum absolute atomic E-state index is 12.8. The van der Waals surface area contributed by atoms with Crippen molar-refractivity contribution in [3.63, 3.8) is 0 Å². The molecule has 2 rings (SSSR count). The van der Waals surface area contributed by atoms with E-state index in [2.05, 4.69) is 5.32 Å². The first-order valence-corrected chi connectivity index (χ1v) is 12.0. The zero-order chi connectivity index (χ0) is 25.4.